The highest BCUT2D eigenvalue weighted by Gasteiger charge is 2.14. The van der Waals surface area contributed by atoms with Crippen LogP contribution in [0.5, 0.6) is 0 Å². The summed E-state index contributed by atoms with van der Waals surface area (Å²) >= 11 is 0. The van der Waals surface area contributed by atoms with Gasteiger partial charge in [0.1, 0.15) is 0 Å². The molecule has 1 aromatic carbocycles. The maximum Gasteiger partial charge on any atom is 0.303 e. The zero-order chi connectivity index (χ0) is 15.2. The van der Waals surface area contributed by atoms with E-state index in [1.807, 2.05) is 19.1 Å². The molecule has 1 heterocycles. The Kier molecular flexibility index (Phi) is 4.87. The first-order valence-corrected chi connectivity index (χ1v) is 6.95. The van der Waals surface area contributed by atoms with Crippen LogP contribution < -0.4 is 5.32 Å². The van der Waals surface area contributed by atoms with Gasteiger partial charge in [-0.15, -0.1) is 0 Å². The van der Waals surface area contributed by atoms with Crippen LogP contribution in [-0.4, -0.2) is 28.5 Å². The molecule has 2 aromatic rings. The second-order valence-electron chi connectivity index (χ2n) is 4.96. The van der Waals surface area contributed by atoms with Crippen molar-refractivity contribution in [2.24, 2.45) is 5.92 Å². The Morgan fingerprint density at radius 1 is 1.29 bits per heavy atom. The van der Waals surface area contributed by atoms with E-state index in [4.69, 9.17) is 5.11 Å². The summed E-state index contributed by atoms with van der Waals surface area (Å²) in [4.78, 5) is 27.2. The zero-order valence-electron chi connectivity index (χ0n) is 11.9. The quantitative estimate of drug-likeness (QED) is 0.855. The van der Waals surface area contributed by atoms with E-state index < -0.39 is 5.97 Å². The van der Waals surface area contributed by atoms with Gasteiger partial charge in [-0.1, -0.05) is 25.5 Å². The number of nitrogens with one attached hydrogen (secondary N) is 1. The number of rotatable bonds is 6. The molecule has 0 fully saturated rings. The molecule has 5 nitrogen and oxygen atoms in total. The zero-order valence-corrected chi connectivity index (χ0v) is 11.9. The van der Waals surface area contributed by atoms with Crippen molar-refractivity contribution in [3.63, 3.8) is 0 Å². The summed E-state index contributed by atoms with van der Waals surface area (Å²) in [6, 6.07) is 9.03. The Bertz CT molecular complexity index is 650. The third-order valence-electron chi connectivity index (χ3n) is 3.48. The minimum atomic E-state index is -0.842. The van der Waals surface area contributed by atoms with Gasteiger partial charge in [-0.05, 0) is 24.1 Å². The molecule has 1 unspecified atom stereocenters. The predicted molar refractivity (Wildman–Crippen MR) is 80.1 cm³/mol. The van der Waals surface area contributed by atoms with Crippen LogP contribution in [0.4, 0.5) is 0 Å². The Morgan fingerprint density at radius 2 is 2.10 bits per heavy atom. The topological polar surface area (TPSA) is 79.3 Å². The molecular weight excluding hydrogens is 268 g/mol. The second kappa shape index (κ2) is 6.83. The summed E-state index contributed by atoms with van der Waals surface area (Å²) in [6.07, 6.45) is 2.46. The number of carboxylic acid groups (broad SMARTS) is 1. The van der Waals surface area contributed by atoms with Crippen LogP contribution in [-0.2, 0) is 4.79 Å². The number of aliphatic carboxylic acids is 1. The van der Waals surface area contributed by atoms with Crippen LogP contribution in [0.3, 0.4) is 0 Å². The molecule has 0 saturated carbocycles. The molecule has 0 aliphatic heterocycles. The van der Waals surface area contributed by atoms with Crippen LogP contribution in [0.25, 0.3) is 10.9 Å². The van der Waals surface area contributed by atoms with Crippen molar-refractivity contribution >= 4 is 22.8 Å². The first kappa shape index (κ1) is 15.0. The predicted octanol–water partition coefficient (Wildman–Crippen LogP) is 2.47. The molecule has 21 heavy (non-hydrogen) atoms. The molecular formula is C16H18N2O3. The van der Waals surface area contributed by atoms with Crippen LogP contribution in [0.15, 0.2) is 36.5 Å². The fraction of sp³-hybridized carbons (Fsp3) is 0.312. The first-order valence-electron chi connectivity index (χ1n) is 6.95. The minimum Gasteiger partial charge on any atom is -0.481 e. The average molecular weight is 286 g/mol. The van der Waals surface area contributed by atoms with E-state index in [9.17, 15) is 9.59 Å². The van der Waals surface area contributed by atoms with Crippen molar-refractivity contribution in [1.82, 2.24) is 10.3 Å². The summed E-state index contributed by atoms with van der Waals surface area (Å²) < 4.78 is 0. The SMILES string of the molecule is CCC(CNC(=O)c1cccc2ncccc12)CC(=O)O. The lowest BCUT2D eigenvalue weighted by Gasteiger charge is -2.14. The van der Waals surface area contributed by atoms with Crippen LogP contribution in [0.1, 0.15) is 30.1 Å². The van der Waals surface area contributed by atoms with Gasteiger partial charge in [-0.25, -0.2) is 0 Å². The van der Waals surface area contributed by atoms with Crippen molar-refractivity contribution in [3.05, 3.63) is 42.1 Å². The number of nitrogens with zero attached hydrogens (tertiary/aromatic N) is 1. The van der Waals surface area contributed by atoms with Crippen molar-refractivity contribution < 1.29 is 14.7 Å². The highest BCUT2D eigenvalue weighted by molar-refractivity contribution is 6.06. The van der Waals surface area contributed by atoms with Crippen LogP contribution >= 0.6 is 0 Å². The molecule has 0 radical (unpaired) electrons. The molecule has 0 spiro atoms. The summed E-state index contributed by atoms with van der Waals surface area (Å²) in [7, 11) is 0. The molecule has 0 bridgehead atoms. The van der Waals surface area contributed by atoms with Crippen molar-refractivity contribution in [1.29, 1.82) is 0 Å². The molecule has 0 saturated heterocycles. The number of carbonyl (C=O) groups is 2. The average Bonchev–Trinajstić information content (AvgIpc) is 2.50. The number of hydrogen-bond donors (Lipinski definition) is 2. The largest absolute Gasteiger partial charge is 0.481 e. The van der Waals surface area contributed by atoms with Gasteiger partial charge in [-0.2, -0.15) is 0 Å². The van der Waals surface area contributed by atoms with E-state index >= 15 is 0 Å². The molecule has 2 rings (SSSR count). The molecule has 1 atom stereocenters. The smallest absolute Gasteiger partial charge is 0.303 e. The highest BCUT2D eigenvalue weighted by atomic mass is 16.4. The lowest BCUT2D eigenvalue weighted by atomic mass is 10.0. The normalized spacial score (nSPS) is 12.0. The van der Waals surface area contributed by atoms with Crippen LogP contribution in [0, 0.1) is 5.92 Å². The summed E-state index contributed by atoms with van der Waals surface area (Å²) in [5, 5.41) is 12.4. The first-order chi connectivity index (χ1) is 10.1. The number of hydrogen-bond acceptors (Lipinski definition) is 3. The molecule has 5 heteroatoms. The minimum absolute atomic E-state index is 0.0560. The molecule has 110 valence electrons. The van der Waals surface area contributed by atoms with Gasteiger partial charge in [0.2, 0.25) is 0 Å². The number of fused-ring (bicyclic) bond motifs is 1. The number of carbonyl (C=O) groups excluding carboxylic acids is 1. The van der Waals surface area contributed by atoms with Crippen molar-refractivity contribution in [2.75, 3.05) is 6.54 Å². The number of amides is 1. The summed E-state index contributed by atoms with van der Waals surface area (Å²) in [5.74, 6) is -1.09. The van der Waals surface area contributed by atoms with Crippen molar-refractivity contribution in [2.45, 2.75) is 19.8 Å². The number of aromatic nitrogens is 1. The van der Waals surface area contributed by atoms with E-state index in [2.05, 4.69) is 10.3 Å². The van der Waals surface area contributed by atoms with E-state index in [-0.39, 0.29) is 18.2 Å². The van der Waals surface area contributed by atoms with Gasteiger partial charge >= 0.3 is 5.97 Å². The summed E-state index contributed by atoms with van der Waals surface area (Å²) in [6.45, 7) is 2.28. The molecule has 0 aliphatic carbocycles. The second-order valence-corrected chi connectivity index (χ2v) is 4.96. The van der Waals surface area contributed by atoms with Gasteiger partial charge < -0.3 is 10.4 Å². The maximum absolute atomic E-state index is 12.3. The lowest BCUT2D eigenvalue weighted by molar-refractivity contribution is -0.138. The fourth-order valence-electron chi connectivity index (χ4n) is 2.24. The highest BCUT2D eigenvalue weighted by Crippen LogP contribution is 2.16. The fourth-order valence-corrected chi connectivity index (χ4v) is 2.24. The van der Waals surface area contributed by atoms with Gasteiger partial charge in [0.15, 0.2) is 0 Å². The third kappa shape index (κ3) is 3.78. The summed E-state index contributed by atoms with van der Waals surface area (Å²) in [5.41, 5.74) is 1.33. The Labute approximate surface area is 123 Å². The molecule has 0 aliphatic rings. The Hall–Kier alpha value is -2.43. The Balaban J connectivity index is 2.10. The van der Waals surface area contributed by atoms with E-state index in [0.29, 0.717) is 18.5 Å². The molecule has 2 N–H and O–H groups in total. The molecule has 1 aromatic heterocycles. The number of benzene rings is 1. The standard InChI is InChI=1S/C16H18N2O3/c1-2-11(9-15(19)20)10-18-16(21)13-5-3-7-14-12(13)6-4-8-17-14/h3-8,11H,2,9-10H2,1H3,(H,18,21)(H,19,20). The monoisotopic (exact) mass is 286 g/mol. The maximum atomic E-state index is 12.3. The Morgan fingerprint density at radius 3 is 2.81 bits per heavy atom. The van der Waals surface area contributed by atoms with E-state index in [1.54, 1.807) is 24.4 Å². The molecule has 1 amide bonds. The van der Waals surface area contributed by atoms with Gasteiger partial charge in [0.25, 0.3) is 5.91 Å². The van der Waals surface area contributed by atoms with Gasteiger partial charge in [0, 0.05) is 30.1 Å². The number of pyridine rings is 1. The van der Waals surface area contributed by atoms with E-state index in [0.717, 1.165) is 10.9 Å². The lowest BCUT2D eigenvalue weighted by Crippen LogP contribution is -2.30. The third-order valence-corrected chi connectivity index (χ3v) is 3.48. The van der Waals surface area contributed by atoms with Crippen molar-refractivity contribution in [3.8, 4) is 0 Å². The van der Waals surface area contributed by atoms with Crippen LogP contribution in [0.2, 0.25) is 0 Å². The number of carboxylic acids is 1. The van der Waals surface area contributed by atoms with Gasteiger partial charge in [-0.3, -0.25) is 14.6 Å². The van der Waals surface area contributed by atoms with E-state index in [1.165, 1.54) is 0 Å². The van der Waals surface area contributed by atoms with Gasteiger partial charge in [0.05, 0.1) is 5.52 Å².